The number of alkyl halides is 3. The van der Waals surface area contributed by atoms with Crippen molar-refractivity contribution in [3.63, 3.8) is 0 Å². The lowest BCUT2D eigenvalue weighted by atomic mass is 10.1. The van der Waals surface area contributed by atoms with Gasteiger partial charge in [0.2, 0.25) is 5.95 Å². The Hall–Kier alpha value is -1.61. The smallest absolute Gasteiger partial charge is 0.376 e. The third kappa shape index (κ3) is 3.72. The maximum Gasteiger partial charge on any atom is 0.433 e. The number of morpholine rings is 1. The largest absolute Gasteiger partial charge is 0.433 e. The molecular weight excluding hydrogens is 323 g/mol. The summed E-state index contributed by atoms with van der Waals surface area (Å²) in [4.78, 5) is 11.6. The SMILES string of the molecule is C[C@@H]1CN2C[C@H](Nc3cc(C(F)(F)F)nc(N(C)C)n3)C[C@H]2CO1. The Balaban J connectivity index is 1.76. The highest BCUT2D eigenvalue weighted by Crippen LogP contribution is 2.31. The molecule has 2 aliphatic heterocycles. The molecule has 0 aliphatic carbocycles. The molecule has 24 heavy (non-hydrogen) atoms. The Morgan fingerprint density at radius 3 is 2.71 bits per heavy atom. The van der Waals surface area contributed by atoms with Gasteiger partial charge in [0.1, 0.15) is 5.82 Å². The summed E-state index contributed by atoms with van der Waals surface area (Å²) in [5, 5.41) is 3.14. The van der Waals surface area contributed by atoms with Gasteiger partial charge in [-0.1, -0.05) is 0 Å². The van der Waals surface area contributed by atoms with E-state index in [1.54, 1.807) is 14.1 Å². The molecule has 0 radical (unpaired) electrons. The molecule has 3 heterocycles. The van der Waals surface area contributed by atoms with Crippen LogP contribution < -0.4 is 10.2 Å². The molecule has 1 aromatic heterocycles. The van der Waals surface area contributed by atoms with Crippen LogP contribution in [0.4, 0.5) is 24.9 Å². The zero-order chi connectivity index (χ0) is 17.5. The second-order valence-electron chi connectivity index (χ2n) is 6.66. The normalized spacial score (nSPS) is 27.8. The quantitative estimate of drug-likeness (QED) is 0.902. The van der Waals surface area contributed by atoms with Gasteiger partial charge in [-0.3, -0.25) is 4.90 Å². The van der Waals surface area contributed by atoms with Crippen molar-refractivity contribution < 1.29 is 17.9 Å². The van der Waals surface area contributed by atoms with E-state index < -0.39 is 11.9 Å². The van der Waals surface area contributed by atoms with Crippen LogP contribution in [0.25, 0.3) is 0 Å². The number of anilines is 2. The fraction of sp³-hybridized carbons (Fsp3) is 0.733. The molecule has 1 N–H and O–H groups in total. The van der Waals surface area contributed by atoms with Crippen molar-refractivity contribution in [3.8, 4) is 0 Å². The number of hydrogen-bond acceptors (Lipinski definition) is 6. The summed E-state index contributed by atoms with van der Waals surface area (Å²) in [6.45, 7) is 4.32. The third-order valence-electron chi connectivity index (χ3n) is 4.35. The van der Waals surface area contributed by atoms with Crippen molar-refractivity contribution in [2.75, 3.05) is 44.0 Å². The molecule has 134 valence electrons. The molecule has 3 rings (SSSR count). The van der Waals surface area contributed by atoms with Gasteiger partial charge in [-0.2, -0.15) is 18.2 Å². The molecular formula is C15H22F3N5O. The van der Waals surface area contributed by atoms with Gasteiger partial charge < -0.3 is 15.0 Å². The van der Waals surface area contributed by atoms with Gasteiger partial charge >= 0.3 is 6.18 Å². The number of aromatic nitrogens is 2. The van der Waals surface area contributed by atoms with E-state index in [0.717, 1.165) is 25.6 Å². The van der Waals surface area contributed by atoms with Crippen LogP contribution >= 0.6 is 0 Å². The van der Waals surface area contributed by atoms with Gasteiger partial charge in [-0.05, 0) is 13.3 Å². The standard InChI is InChI=1S/C15H22F3N5O/c1-9-6-23-7-10(4-11(23)8-24-9)19-13-5-12(15(16,17)18)20-14(21-13)22(2)3/h5,9-11H,4,6-8H2,1-3H3,(H,19,20,21)/t9-,10-,11+/m1/s1. The van der Waals surface area contributed by atoms with Crippen molar-refractivity contribution in [1.82, 2.24) is 14.9 Å². The highest BCUT2D eigenvalue weighted by Gasteiger charge is 2.37. The molecule has 9 heteroatoms. The van der Waals surface area contributed by atoms with Gasteiger partial charge in [0.15, 0.2) is 5.69 Å². The molecule has 0 amide bonds. The monoisotopic (exact) mass is 345 g/mol. The Kier molecular flexibility index (Phi) is 4.56. The van der Waals surface area contributed by atoms with Crippen molar-refractivity contribution in [1.29, 1.82) is 0 Å². The van der Waals surface area contributed by atoms with Gasteiger partial charge in [-0.25, -0.2) is 4.98 Å². The minimum atomic E-state index is -4.50. The molecule has 0 unspecified atom stereocenters. The first-order valence-corrected chi connectivity index (χ1v) is 7.98. The summed E-state index contributed by atoms with van der Waals surface area (Å²) in [5.41, 5.74) is -0.934. The molecule has 0 saturated carbocycles. The molecule has 1 aromatic rings. The van der Waals surface area contributed by atoms with Gasteiger partial charge in [-0.15, -0.1) is 0 Å². The van der Waals surface area contributed by atoms with E-state index >= 15 is 0 Å². The average Bonchev–Trinajstić information content (AvgIpc) is 2.87. The van der Waals surface area contributed by atoms with Crippen molar-refractivity contribution >= 4 is 11.8 Å². The summed E-state index contributed by atoms with van der Waals surface area (Å²) < 4.78 is 44.8. The molecule has 0 aromatic carbocycles. The number of fused-ring (bicyclic) bond motifs is 1. The van der Waals surface area contributed by atoms with Gasteiger partial charge in [0.25, 0.3) is 0 Å². The van der Waals surface area contributed by atoms with Crippen LogP contribution in [0.1, 0.15) is 19.0 Å². The number of ether oxygens (including phenoxy) is 1. The van der Waals surface area contributed by atoms with Crippen LogP contribution in [0, 0.1) is 0 Å². The maximum absolute atomic E-state index is 13.0. The van der Waals surface area contributed by atoms with Crippen molar-refractivity contribution in [2.45, 2.75) is 37.7 Å². The Labute approximate surface area is 139 Å². The van der Waals surface area contributed by atoms with Gasteiger partial charge in [0, 0.05) is 45.3 Å². The number of halogens is 3. The van der Waals surface area contributed by atoms with Crippen LogP contribution in [0.5, 0.6) is 0 Å². The minimum absolute atomic E-state index is 0.0417. The molecule has 0 bridgehead atoms. The molecule has 2 saturated heterocycles. The lowest BCUT2D eigenvalue weighted by Crippen LogP contribution is -2.45. The predicted octanol–water partition coefficient (Wildman–Crippen LogP) is 1.83. The van der Waals surface area contributed by atoms with E-state index in [1.165, 1.54) is 4.90 Å². The van der Waals surface area contributed by atoms with Crippen LogP contribution in [0.3, 0.4) is 0 Å². The molecule has 0 spiro atoms. The number of rotatable bonds is 3. The van der Waals surface area contributed by atoms with Crippen LogP contribution in [0.15, 0.2) is 6.07 Å². The van der Waals surface area contributed by atoms with Crippen LogP contribution in [0.2, 0.25) is 0 Å². The van der Waals surface area contributed by atoms with Crippen LogP contribution in [-0.4, -0.2) is 66.8 Å². The number of nitrogens with zero attached hydrogens (tertiary/aromatic N) is 4. The summed E-state index contributed by atoms with van der Waals surface area (Å²) in [6.07, 6.45) is -3.48. The summed E-state index contributed by atoms with van der Waals surface area (Å²) in [6, 6.07) is 1.34. The molecule has 2 fully saturated rings. The van der Waals surface area contributed by atoms with E-state index in [2.05, 4.69) is 20.2 Å². The zero-order valence-corrected chi connectivity index (χ0v) is 14.0. The lowest BCUT2D eigenvalue weighted by molar-refractivity contribution is -0.141. The highest BCUT2D eigenvalue weighted by atomic mass is 19.4. The van der Waals surface area contributed by atoms with E-state index in [1.807, 2.05) is 6.92 Å². The lowest BCUT2D eigenvalue weighted by Gasteiger charge is -2.33. The second-order valence-corrected chi connectivity index (χ2v) is 6.66. The topological polar surface area (TPSA) is 53.5 Å². The molecule has 3 atom stereocenters. The van der Waals surface area contributed by atoms with Crippen molar-refractivity contribution in [2.24, 2.45) is 0 Å². The first-order chi connectivity index (χ1) is 11.2. The summed E-state index contributed by atoms with van der Waals surface area (Å²) >= 11 is 0. The Morgan fingerprint density at radius 1 is 1.29 bits per heavy atom. The van der Waals surface area contributed by atoms with E-state index in [9.17, 15) is 13.2 Å². The Morgan fingerprint density at radius 2 is 2.04 bits per heavy atom. The predicted molar refractivity (Wildman–Crippen MR) is 84.2 cm³/mol. The number of nitrogens with one attached hydrogen (secondary N) is 1. The fourth-order valence-electron chi connectivity index (χ4n) is 3.21. The van der Waals surface area contributed by atoms with Gasteiger partial charge in [0.05, 0.1) is 12.7 Å². The second kappa shape index (κ2) is 6.36. The van der Waals surface area contributed by atoms with E-state index in [4.69, 9.17) is 4.74 Å². The first-order valence-electron chi connectivity index (χ1n) is 7.98. The van der Waals surface area contributed by atoms with Crippen molar-refractivity contribution in [3.05, 3.63) is 11.8 Å². The summed E-state index contributed by atoms with van der Waals surface area (Å²) in [7, 11) is 3.24. The number of hydrogen-bond donors (Lipinski definition) is 1. The average molecular weight is 345 g/mol. The van der Waals surface area contributed by atoms with Crippen LogP contribution in [-0.2, 0) is 10.9 Å². The van der Waals surface area contributed by atoms with E-state index in [0.29, 0.717) is 12.6 Å². The van der Waals surface area contributed by atoms with E-state index in [-0.39, 0.29) is 23.9 Å². The minimum Gasteiger partial charge on any atom is -0.376 e. The molecule has 2 aliphatic rings. The first kappa shape index (κ1) is 17.2. The maximum atomic E-state index is 13.0. The Bertz CT molecular complexity index is 595. The highest BCUT2D eigenvalue weighted by molar-refractivity contribution is 5.44. The zero-order valence-electron chi connectivity index (χ0n) is 14.0. The summed E-state index contributed by atoms with van der Waals surface area (Å²) in [5.74, 6) is 0.250. The fourth-order valence-corrected chi connectivity index (χ4v) is 3.21. The molecule has 6 nitrogen and oxygen atoms in total. The third-order valence-corrected chi connectivity index (χ3v) is 4.35.